The van der Waals surface area contributed by atoms with Crippen molar-refractivity contribution in [3.05, 3.63) is 89.4 Å². The van der Waals surface area contributed by atoms with Crippen molar-refractivity contribution in [1.82, 2.24) is 4.98 Å². The van der Waals surface area contributed by atoms with Crippen molar-refractivity contribution in [2.24, 2.45) is 0 Å². The van der Waals surface area contributed by atoms with Crippen LogP contribution in [0.2, 0.25) is 0 Å². The lowest BCUT2D eigenvalue weighted by atomic mass is 10.1. The van der Waals surface area contributed by atoms with Gasteiger partial charge in [0.05, 0.1) is 28.1 Å². The van der Waals surface area contributed by atoms with Crippen molar-refractivity contribution in [3.63, 3.8) is 0 Å². The number of rotatable bonds is 3. The third-order valence-corrected chi connectivity index (χ3v) is 5.89. The third kappa shape index (κ3) is 2.94. The van der Waals surface area contributed by atoms with Gasteiger partial charge in [-0.05, 0) is 19.9 Å². The van der Waals surface area contributed by atoms with Gasteiger partial charge < -0.3 is 5.32 Å². The van der Waals surface area contributed by atoms with E-state index in [1.165, 1.54) is 18.3 Å². The zero-order chi connectivity index (χ0) is 19.8. The predicted octanol–water partition coefficient (Wildman–Crippen LogP) is 6.95. The van der Waals surface area contributed by atoms with E-state index in [1.807, 2.05) is 54.6 Å². The van der Waals surface area contributed by atoms with Gasteiger partial charge in [-0.3, -0.25) is 9.88 Å². The second-order valence-electron chi connectivity index (χ2n) is 6.53. The van der Waals surface area contributed by atoms with Crippen LogP contribution in [0, 0.1) is 0 Å². The highest BCUT2D eigenvalue weighted by Crippen LogP contribution is 2.45. The molecular weight excluding hydrogens is 369 g/mol. The number of halogens is 1. The van der Waals surface area contributed by atoms with Crippen LogP contribution in [0.25, 0.3) is 22.0 Å². The summed E-state index contributed by atoms with van der Waals surface area (Å²) < 4.78 is 14.0. The quantitative estimate of drug-likeness (QED) is 0.491. The largest absolute Gasteiger partial charge is 0.341 e. The van der Waals surface area contributed by atoms with Crippen LogP contribution in [0.1, 0.15) is 23.6 Å². The summed E-state index contributed by atoms with van der Waals surface area (Å²) in [6.45, 7) is 11.9. The van der Waals surface area contributed by atoms with E-state index >= 15 is 0 Å². The number of benzene rings is 1. The second kappa shape index (κ2) is 7.09. The van der Waals surface area contributed by atoms with Gasteiger partial charge in [0.25, 0.3) is 0 Å². The van der Waals surface area contributed by atoms with E-state index in [0.717, 1.165) is 37.6 Å². The minimum atomic E-state index is -0.212. The highest BCUT2D eigenvalue weighted by molar-refractivity contribution is 7.15. The number of allylic oxidation sites excluding steroid dienone is 4. The number of anilines is 2. The van der Waals surface area contributed by atoms with Gasteiger partial charge in [-0.2, -0.15) is 0 Å². The fourth-order valence-corrected chi connectivity index (χ4v) is 4.55. The first-order valence-electron chi connectivity index (χ1n) is 8.92. The molecule has 1 aliphatic heterocycles. The zero-order valence-electron chi connectivity index (χ0n) is 15.8. The Morgan fingerprint density at radius 2 is 2.04 bits per heavy atom. The fraction of sp³-hybridized carbons (Fsp3) is 0.0870. The molecule has 0 unspecified atom stereocenters. The van der Waals surface area contributed by atoms with Crippen LogP contribution in [0.5, 0.6) is 0 Å². The molecule has 0 saturated heterocycles. The molecular formula is C23H20FN3S. The summed E-state index contributed by atoms with van der Waals surface area (Å²) in [5.41, 5.74) is 3.18. The van der Waals surface area contributed by atoms with E-state index in [-0.39, 0.29) is 5.83 Å². The molecule has 0 amide bonds. The molecule has 2 aromatic heterocycles. The smallest absolute Gasteiger partial charge is 0.108 e. The number of nitrogens with one attached hydrogen (secondary N) is 1. The lowest BCUT2D eigenvalue weighted by Crippen LogP contribution is -2.28. The molecule has 0 atom stereocenters. The normalized spacial score (nSPS) is 15.0. The molecule has 1 aliphatic rings. The maximum atomic E-state index is 14.0. The molecule has 0 spiro atoms. The lowest BCUT2D eigenvalue weighted by Gasteiger charge is -2.33. The molecule has 0 radical (unpaired) electrons. The van der Waals surface area contributed by atoms with Gasteiger partial charge in [0.1, 0.15) is 11.6 Å². The Labute approximate surface area is 167 Å². The van der Waals surface area contributed by atoms with Crippen LogP contribution in [-0.2, 0) is 0 Å². The Bertz CT molecular complexity index is 1160. The molecule has 4 rings (SSSR count). The van der Waals surface area contributed by atoms with Gasteiger partial charge in [-0.25, -0.2) is 4.39 Å². The minimum Gasteiger partial charge on any atom is -0.341 e. The number of fused-ring (bicyclic) bond motifs is 2. The monoisotopic (exact) mass is 389 g/mol. The maximum absolute atomic E-state index is 14.0. The van der Waals surface area contributed by atoms with Crippen LogP contribution < -0.4 is 10.2 Å². The van der Waals surface area contributed by atoms with Gasteiger partial charge in [0.2, 0.25) is 0 Å². The summed E-state index contributed by atoms with van der Waals surface area (Å²) in [6, 6.07) is 10.0. The van der Waals surface area contributed by atoms with Crippen molar-refractivity contribution >= 4 is 44.8 Å². The molecule has 5 heteroatoms. The number of thiophene rings is 1. The Morgan fingerprint density at radius 1 is 1.25 bits per heavy atom. The number of hydrogen-bond acceptors (Lipinski definition) is 4. The molecule has 0 fully saturated rings. The summed E-state index contributed by atoms with van der Waals surface area (Å²) in [7, 11) is 0. The maximum Gasteiger partial charge on any atom is 0.108 e. The minimum absolute atomic E-state index is 0.212. The van der Waals surface area contributed by atoms with E-state index in [2.05, 4.69) is 29.5 Å². The highest BCUT2D eigenvalue weighted by atomic mass is 32.1. The van der Waals surface area contributed by atoms with Crippen LogP contribution in [0.3, 0.4) is 0 Å². The van der Waals surface area contributed by atoms with E-state index in [1.54, 1.807) is 6.08 Å². The predicted molar refractivity (Wildman–Crippen MR) is 119 cm³/mol. The number of pyridine rings is 1. The van der Waals surface area contributed by atoms with Crippen LogP contribution in [0.15, 0.2) is 79.7 Å². The number of hydrogen-bond donors (Lipinski definition) is 1. The van der Waals surface area contributed by atoms with Gasteiger partial charge >= 0.3 is 0 Å². The summed E-state index contributed by atoms with van der Waals surface area (Å²) in [4.78, 5) is 8.16. The Morgan fingerprint density at radius 3 is 2.79 bits per heavy atom. The first kappa shape index (κ1) is 18.2. The van der Waals surface area contributed by atoms with Gasteiger partial charge in [-0.1, -0.05) is 49.6 Å². The van der Waals surface area contributed by atoms with E-state index < -0.39 is 0 Å². The average molecular weight is 389 g/mol. The summed E-state index contributed by atoms with van der Waals surface area (Å²) >= 11 is 1.51. The SMILES string of the molecule is C=C1Nc2cc(C(/C=C\C)=C(/C)F)sc2C(=C)N1c1cncc2ccccc12. The highest BCUT2D eigenvalue weighted by Gasteiger charge is 2.28. The van der Waals surface area contributed by atoms with E-state index in [4.69, 9.17) is 0 Å². The molecule has 3 heterocycles. The molecule has 1 N–H and O–H groups in total. The van der Waals surface area contributed by atoms with E-state index in [0.29, 0.717) is 11.4 Å². The van der Waals surface area contributed by atoms with Gasteiger partial charge in [-0.15, -0.1) is 11.3 Å². The summed E-state index contributed by atoms with van der Waals surface area (Å²) in [5, 5.41) is 5.46. The topological polar surface area (TPSA) is 28.2 Å². The summed E-state index contributed by atoms with van der Waals surface area (Å²) in [5.74, 6) is 0.477. The molecule has 0 bridgehead atoms. The Balaban J connectivity index is 1.83. The molecule has 1 aromatic carbocycles. The van der Waals surface area contributed by atoms with Crippen LogP contribution >= 0.6 is 11.3 Å². The van der Waals surface area contributed by atoms with Crippen molar-refractivity contribution < 1.29 is 4.39 Å². The van der Waals surface area contributed by atoms with Crippen LogP contribution in [-0.4, -0.2) is 4.98 Å². The fourth-order valence-electron chi connectivity index (χ4n) is 3.41. The number of nitrogens with zero attached hydrogens (tertiary/aromatic N) is 2. The summed E-state index contributed by atoms with van der Waals surface area (Å²) in [6.07, 6.45) is 7.29. The van der Waals surface area contributed by atoms with Crippen molar-refractivity contribution in [2.75, 3.05) is 10.2 Å². The molecule has 0 aliphatic carbocycles. The first-order chi connectivity index (χ1) is 13.5. The molecule has 3 nitrogen and oxygen atoms in total. The van der Waals surface area contributed by atoms with Crippen LogP contribution in [0.4, 0.5) is 15.8 Å². The molecule has 28 heavy (non-hydrogen) atoms. The van der Waals surface area contributed by atoms with Crippen molar-refractivity contribution in [1.29, 1.82) is 0 Å². The number of aromatic nitrogens is 1. The average Bonchev–Trinajstić information content (AvgIpc) is 3.09. The molecule has 3 aromatic rings. The Kier molecular flexibility index (Phi) is 4.61. The van der Waals surface area contributed by atoms with Gasteiger partial charge in [0, 0.05) is 27.4 Å². The van der Waals surface area contributed by atoms with Crippen molar-refractivity contribution in [3.8, 4) is 0 Å². The van der Waals surface area contributed by atoms with Gasteiger partial charge in [0.15, 0.2) is 0 Å². The second-order valence-corrected chi connectivity index (χ2v) is 7.59. The Hall–Kier alpha value is -3.18. The lowest BCUT2D eigenvalue weighted by molar-refractivity contribution is 0.645. The van der Waals surface area contributed by atoms with Crippen molar-refractivity contribution in [2.45, 2.75) is 13.8 Å². The third-order valence-electron chi connectivity index (χ3n) is 4.67. The first-order valence-corrected chi connectivity index (χ1v) is 9.74. The molecule has 140 valence electrons. The molecule has 0 saturated carbocycles. The zero-order valence-corrected chi connectivity index (χ0v) is 16.6. The standard InChI is InChI=1S/C23H20FN3S/c1-5-8-18(14(2)24)22-11-20-23(28-22)15(3)27(16(4)26-20)21-13-25-12-17-9-6-7-10-19(17)21/h5-13,26H,3-4H2,1-2H3/b8-5-,18-14-. The van der Waals surface area contributed by atoms with E-state index in [9.17, 15) is 4.39 Å².